The smallest absolute Gasteiger partial charge is 0.272 e. The van der Waals surface area contributed by atoms with Gasteiger partial charge in [0.25, 0.3) is 5.91 Å². The lowest BCUT2D eigenvalue weighted by Gasteiger charge is -2.23. The standard InChI is InChI=1S/C16H22N4O2S/c1-5-19(6-2)15(22)11(3)17-14(21)13-12-9-7-8-10-20(12)16(18-13)23-4/h7-11H,5-6H2,1-4H3,(H,17,21)/t11-/m1/s1. The second-order valence-electron chi connectivity index (χ2n) is 5.11. The Balaban J connectivity index is 2.23. The number of hydrogen-bond acceptors (Lipinski definition) is 4. The highest BCUT2D eigenvalue weighted by Crippen LogP contribution is 2.19. The fourth-order valence-electron chi connectivity index (χ4n) is 2.46. The second-order valence-corrected chi connectivity index (χ2v) is 5.88. The van der Waals surface area contributed by atoms with Crippen LogP contribution in [0.15, 0.2) is 29.6 Å². The van der Waals surface area contributed by atoms with Crippen molar-refractivity contribution >= 4 is 29.1 Å². The van der Waals surface area contributed by atoms with Crippen LogP contribution in [0.25, 0.3) is 5.52 Å². The van der Waals surface area contributed by atoms with Crippen molar-refractivity contribution < 1.29 is 9.59 Å². The number of amides is 2. The number of aromatic nitrogens is 2. The molecule has 0 spiro atoms. The Morgan fingerprint density at radius 1 is 1.35 bits per heavy atom. The largest absolute Gasteiger partial charge is 0.341 e. The molecule has 23 heavy (non-hydrogen) atoms. The summed E-state index contributed by atoms with van der Waals surface area (Å²) in [6.45, 7) is 6.79. The van der Waals surface area contributed by atoms with E-state index in [1.54, 1.807) is 11.8 Å². The number of rotatable bonds is 6. The molecule has 6 nitrogen and oxygen atoms in total. The minimum atomic E-state index is -0.583. The SMILES string of the molecule is CCN(CC)C(=O)[C@@H](C)NC(=O)c1nc(SC)n2ccccc12. The fourth-order valence-corrected chi connectivity index (χ4v) is 3.00. The van der Waals surface area contributed by atoms with Crippen molar-refractivity contribution in [3.05, 3.63) is 30.1 Å². The van der Waals surface area contributed by atoms with Gasteiger partial charge in [-0.2, -0.15) is 0 Å². The lowest BCUT2D eigenvalue weighted by molar-refractivity contribution is -0.132. The average molecular weight is 334 g/mol. The molecule has 0 saturated carbocycles. The van der Waals surface area contributed by atoms with E-state index in [2.05, 4.69) is 10.3 Å². The van der Waals surface area contributed by atoms with Crippen LogP contribution in [0, 0.1) is 0 Å². The topological polar surface area (TPSA) is 66.7 Å². The van der Waals surface area contributed by atoms with E-state index in [1.165, 1.54) is 11.8 Å². The van der Waals surface area contributed by atoms with Crippen molar-refractivity contribution in [3.63, 3.8) is 0 Å². The van der Waals surface area contributed by atoms with Gasteiger partial charge in [-0.25, -0.2) is 4.98 Å². The molecule has 0 aromatic carbocycles. The molecule has 2 aromatic rings. The number of hydrogen-bond donors (Lipinski definition) is 1. The lowest BCUT2D eigenvalue weighted by atomic mass is 10.2. The summed E-state index contributed by atoms with van der Waals surface area (Å²) in [5.74, 6) is -0.418. The molecule has 124 valence electrons. The summed E-state index contributed by atoms with van der Waals surface area (Å²) < 4.78 is 1.87. The van der Waals surface area contributed by atoms with Crippen molar-refractivity contribution in [2.45, 2.75) is 32.0 Å². The number of nitrogens with one attached hydrogen (secondary N) is 1. The van der Waals surface area contributed by atoms with Crippen LogP contribution >= 0.6 is 11.8 Å². The molecule has 0 saturated heterocycles. The first kappa shape index (κ1) is 17.3. The van der Waals surface area contributed by atoms with Gasteiger partial charge in [-0.3, -0.25) is 14.0 Å². The molecule has 0 fully saturated rings. The molecule has 2 amide bonds. The van der Waals surface area contributed by atoms with E-state index in [0.717, 1.165) is 10.7 Å². The molecule has 2 heterocycles. The van der Waals surface area contributed by atoms with Crippen LogP contribution in [-0.2, 0) is 4.79 Å². The Kier molecular flexibility index (Phi) is 5.65. The number of imidazole rings is 1. The molecule has 2 rings (SSSR count). The van der Waals surface area contributed by atoms with E-state index in [4.69, 9.17) is 0 Å². The zero-order valence-corrected chi connectivity index (χ0v) is 14.7. The molecule has 0 aliphatic heterocycles. The zero-order chi connectivity index (χ0) is 17.0. The maximum atomic E-state index is 12.5. The Labute approximate surface area is 140 Å². The molecular formula is C16H22N4O2S. The third-order valence-electron chi connectivity index (χ3n) is 3.71. The van der Waals surface area contributed by atoms with Gasteiger partial charge in [0.2, 0.25) is 5.91 Å². The number of fused-ring (bicyclic) bond motifs is 1. The molecule has 1 N–H and O–H groups in total. The minimum absolute atomic E-state index is 0.0862. The van der Waals surface area contributed by atoms with E-state index in [-0.39, 0.29) is 11.8 Å². The van der Waals surface area contributed by atoms with Gasteiger partial charge in [-0.1, -0.05) is 17.8 Å². The summed E-state index contributed by atoms with van der Waals surface area (Å²) in [6.07, 6.45) is 3.78. The Morgan fingerprint density at radius 3 is 2.65 bits per heavy atom. The number of thioether (sulfide) groups is 1. The van der Waals surface area contributed by atoms with E-state index in [9.17, 15) is 9.59 Å². The number of pyridine rings is 1. The molecular weight excluding hydrogens is 312 g/mol. The van der Waals surface area contributed by atoms with E-state index >= 15 is 0 Å². The Bertz CT molecular complexity index is 709. The Morgan fingerprint density at radius 2 is 2.04 bits per heavy atom. The first-order chi connectivity index (χ1) is 11.0. The third-order valence-corrected chi connectivity index (χ3v) is 4.36. The highest BCUT2D eigenvalue weighted by atomic mass is 32.2. The summed E-state index contributed by atoms with van der Waals surface area (Å²) in [7, 11) is 0. The molecule has 0 aliphatic carbocycles. The third kappa shape index (κ3) is 3.50. The Hall–Kier alpha value is -2.02. The van der Waals surface area contributed by atoms with Gasteiger partial charge in [0.15, 0.2) is 10.9 Å². The minimum Gasteiger partial charge on any atom is -0.341 e. The van der Waals surface area contributed by atoms with Crippen molar-refractivity contribution in [1.29, 1.82) is 0 Å². The lowest BCUT2D eigenvalue weighted by Crippen LogP contribution is -2.46. The zero-order valence-electron chi connectivity index (χ0n) is 13.9. The van der Waals surface area contributed by atoms with E-state index in [1.807, 2.05) is 48.9 Å². The maximum absolute atomic E-state index is 12.5. The predicted octanol–water partition coefficient (Wildman–Crippen LogP) is 2.04. The van der Waals surface area contributed by atoms with Gasteiger partial charge in [-0.15, -0.1) is 0 Å². The summed E-state index contributed by atoms with van der Waals surface area (Å²) in [4.78, 5) is 30.9. The summed E-state index contributed by atoms with van der Waals surface area (Å²) in [5, 5.41) is 3.50. The fraction of sp³-hybridized carbons (Fsp3) is 0.438. The highest BCUT2D eigenvalue weighted by Gasteiger charge is 2.23. The second kappa shape index (κ2) is 7.50. The highest BCUT2D eigenvalue weighted by molar-refractivity contribution is 7.98. The monoisotopic (exact) mass is 334 g/mol. The van der Waals surface area contributed by atoms with E-state index < -0.39 is 6.04 Å². The molecule has 0 bridgehead atoms. The first-order valence-electron chi connectivity index (χ1n) is 7.64. The number of carbonyl (C=O) groups excluding carboxylic acids is 2. The first-order valence-corrected chi connectivity index (χ1v) is 8.86. The van der Waals surface area contributed by atoms with Crippen molar-refractivity contribution in [3.8, 4) is 0 Å². The van der Waals surface area contributed by atoms with Crippen LogP contribution < -0.4 is 5.32 Å². The van der Waals surface area contributed by atoms with Crippen LogP contribution in [0.2, 0.25) is 0 Å². The molecule has 0 radical (unpaired) electrons. The van der Waals surface area contributed by atoms with Crippen LogP contribution in [-0.4, -0.2) is 51.5 Å². The molecule has 7 heteroatoms. The van der Waals surface area contributed by atoms with Gasteiger partial charge in [0.05, 0.1) is 5.52 Å². The van der Waals surface area contributed by atoms with Crippen LogP contribution in [0.3, 0.4) is 0 Å². The van der Waals surface area contributed by atoms with Crippen molar-refractivity contribution in [1.82, 2.24) is 19.6 Å². The predicted molar refractivity (Wildman–Crippen MR) is 91.8 cm³/mol. The van der Waals surface area contributed by atoms with Gasteiger partial charge < -0.3 is 10.2 Å². The van der Waals surface area contributed by atoms with Crippen LogP contribution in [0.5, 0.6) is 0 Å². The quantitative estimate of drug-likeness (QED) is 0.821. The summed E-state index contributed by atoms with van der Waals surface area (Å²) in [5.41, 5.74) is 1.07. The van der Waals surface area contributed by atoms with Crippen molar-refractivity contribution in [2.75, 3.05) is 19.3 Å². The number of carbonyl (C=O) groups is 2. The average Bonchev–Trinajstić information content (AvgIpc) is 2.94. The number of nitrogens with zero attached hydrogens (tertiary/aromatic N) is 3. The van der Waals surface area contributed by atoms with Crippen LogP contribution in [0.4, 0.5) is 0 Å². The summed E-state index contributed by atoms with van der Waals surface area (Å²) >= 11 is 1.47. The van der Waals surface area contributed by atoms with Gasteiger partial charge >= 0.3 is 0 Å². The molecule has 0 aliphatic rings. The van der Waals surface area contributed by atoms with Gasteiger partial charge in [0, 0.05) is 19.3 Å². The van der Waals surface area contributed by atoms with Crippen LogP contribution in [0.1, 0.15) is 31.3 Å². The maximum Gasteiger partial charge on any atom is 0.272 e. The van der Waals surface area contributed by atoms with Gasteiger partial charge in [-0.05, 0) is 39.2 Å². The summed E-state index contributed by atoms with van der Waals surface area (Å²) in [6, 6.07) is 5.02. The molecule has 2 aromatic heterocycles. The van der Waals surface area contributed by atoms with E-state index in [0.29, 0.717) is 18.8 Å². The molecule has 1 atom stereocenters. The molecule has 0 unspecified atom stereocenters. The normalized spacial score (nSPS) is 12.2. The van der Waals surface area contributed by atoms with Crippen molar-refractivity contribution in [2.24, 2.45) is 0 Å². The number of likely N-dealkylation sites (N-methyl/N-ethyl adjacent to an activating group) is 1. The van der Waals surface area contributed by atoms with Gasteiger partial charge in [0.1, 0.15) is 6.04 Å².